The molecule has 1 aliphatic heterocycles. The van der Waals surface area contributed by atoms with Gasteiger partial charge in [0.05, 0.1) is 16.3 Å². The molecular formula is C18H13FN2O2S2. The van der Waals surface area contributed by atoms with E-state index in [0.29, 0.717) is 33.0 Å². The van der Waals surface area contributed by atoms with Gasteiger partial charge < -0.3 is 10.6 Å². The molecule has 2 aromatic carbocycles. The fourth-order valence-electron chi connectivity index (χ4n) is 2.82. The number of nitrogens with one attached hydrogen (secondary N) is 2. The molecule has 0 spiro atoms. The van der Waals surface area contributed by atoms with Crippen LogP contribution in [0.1, 0.15) is 15.2 Å². The number of carbonyl (C=O) groups excluding carboxylic acids is 2. The second-order valence-electron chi connectivity index (χ2n) is 5.67. The van der Waals surface area contributed by atoms with Gasteiger partial charge >= 0.3 is 0 Å². The van der Waals surface area contributed by atoms with Gasteiger partial charge in [-0.3, -0.25) is 9.59 Å². The molecule has 2 N–H and O–H groups in total. The van der Waals surface area contributed by atoms with Gasteiger partial charge in [0.2, 0.25) is 5.91 Å². The van der Waals surface area contributed by atoms with E-state index in [1.54, 1.807) is 31.2 Å². The number of hydrogen-bond donors (Lipinski definition) is 2. The van der Waals surface area contributed by atoms with Crippen LogP contribution in [0.2, 0.25) is 0 Å². The number of aryl methyl sites for hydroxylation is 1. The number of anilines is 2. The fraction of sp³-hybridized carbons (Fsp3) is 0.111. The van der Waals surface area contributed by atoms with Gasteiger partial charge in [0.15, 0.2) is 0 Å². The average molecular weight is 372 g/mol. The first-order valence-electron chi connectivity index (χ1n) is 7.58. The molecule has 0 aliphatic carbocycles. The van der Waals surface area contributed by atoms with E-state index in [4.69, 9.17) is 0 Å². The van der Waals surface area contributed by atoms with Gasteiger partial charge in [0.1, 0.15) is 5.82 Å². The van der Waals surface area contributed by atoms with Gasteiger partial charge in [-0.25, -0.2) is 4.39 Å². The molecule has 1 aromatic heterocycles. The highest BCUT2D eigenvalue weighted by atomic mass is 32.2. The maximum absolute atomic E-state index is 14.0. The first kappa shape index (κ1) is 16.1. The summed E-state index contributed by atoms with van der Waals surface area (Å²) in [6, 6.07) is 10.2. The van der Waals surface area contributed by atoms with Crippen LogP contribution in [0.15, 0.2) is 41.3 Å². The van der Waals surface area contributed by atoms with Crippen molar-refractivity contribution in [3.63, 3.8) is 0 Å². The Bertz CT molecular complexity index is 1030. The summed E-state index contributed by atoms with van der Waals surface area (Å²) in [5, 5.41) is 6.12. The number of halogens is 1. The molecule has 0 unspecified atom stereocenters. The molecule has 0 radical (unpaired) electrons. The van der Waals surface area contributed by atoms with Crippen molar-refractivity contribution in [1.82, 2.24) is 0 Å². The number of benzene rings is 2. The Labute approximate surface area is 151 Å². The van der Waals surface area contributed by atoms with Crippen LogP contribution in [0.3, 0.4) is 0 Å². The van der Waals surface area contributed by atoms with Gasteiger partial charge in [-0.05, 0) is 42.8 Å². The van der Waals surface area contributed by atoms with Crippen molar-refractivity contribution in [2.24, 2.45) is 0 Å². The standard InChI is InChI=1S/C18H13FN2O2S2/c1-9-16-11(19)3-2-4-14(16)25-17(9)18(23)20-10-5-6-13-12(7-10)21-15(22)8-24-13/h2-7H,8H2,1H3,(H,20,23)(H,21,22). The van der Waals surface area contributed by atoms with E-state index in [1.807, 2.05) is 6.07 Å². The van der Waals surface area contributed by atoms with Crippen LogP contribution in [0.4, 0.5) is 15.8 Å². The summed E-state index contributed by atoms with van der Waals surface area (Å²) in [5.74, 6) is -0.269. The summed E-state index contributed by atoms with van der Waals surface area (Å²) in [6.45, 7) is 1.75. The van der Waals surface area contributed by atoms with E-state index < -0.39 is 0 Å². The molecule has 4 rings (SSSR count). The summed E-state index contributed by atoms with van der Waals surface area (Å²) < 4.78 is 14.8. The number of hydrogen-bond acceptors (Lipinski definition) is 4. The van der Waals surface area contributed by atoms with Gasteiger partial charge in [0.25, 0.3) is 5.91 Å². The third-order valence-corrected chi connectivity index (χ3v) is 6.31. The Morgan fingerprint density at radius 3 is 2.92 bits per heavy atom. The fourth-order valence-corrected chi connectivity index (χ4v) is 4.73. The Balaban J connectivity index is 1.65. The van der Waals surface area contributed by atoms with Crippen LogP contribution < -0.4 is 10.6 Å². The molecule has 3 aromatic rings. The van der Waals surface area contributed by atoms with E-state index in [0.717, 1.165) is 9.60 Å². The second kappa shape index (κ2) is 6.16. The van der Waals surface area contributed by atoms with Crippen molar-refractivity contribution < 1.29 is 14.0 Å². The van der Waals surface area contributed by atoms with E-state index in [-0.39, 0.29) is 17.6 Å². The second-order valence-corrected chi connectivity index (χ2v) is 7.74. The molecule has 4 nitrogen and oxygen atoms in total. The largest absolute Gasteiger partial charge is 0.324 e. The highest BCUT2D eigenvalue weighted by molar-refractivity contribution is 8.00. The number of amides is 2. The van der Waals surface area contributed by atoms with Crippen molar-refractivity contribution >= 4 is 56.4 Å². The van der Waals surface area contributed by atoms with Gasteiger partial charge in [-0.1, -0.05) is 6.07 Å². The monoisotopic (exact) mass is 372 g/mol. The van der Waals surface area contributed by atoms with Crippen molar-refractivity contribution in [3.8, 4) is 0 Å². The minimum Gasteiger partial charge on any atom is -0.324 e. The number of fused-ring (bicyclic) bond motifs is 2. The van der Waals surface area contributed by atoms with Crippen molar-refractivity contribution in [2.75, 3.05) is 16.4 Å². The highest BCUT2D eigenvalue weighted by Crippen LogP contribution is 2.35. The quantitative estimate of drug-likeness (QED) is 0.689. The first-order valence-corrected chi connectivity index (χ1v) is 9.39. The van der Waals surface area contributed by atoms with Crippen molar-refractivity contribution in [3.05, 3.63) is 52.7 Å². The lowest BCUT2D eigenvalue weighted by Crippen LogP contribution is -2.19. The third-order valence-electron chi connectivity index (χ3n) is 3.98. The number of thiophene rings is 1. The maximum atomic E-state index is 14.0. The SMILES string of the molecule is Cc1c(C(=O)Nc2ccc3c(c2)NC(=O)CS3)sc2cccc(F)c12. The minimum atomic E-state index is -0.321. The lowest BCUT2D eigenvalue weighted by Gasteiger charge is -2.17. The first-order chi connectivity index (χ1) is 12.0. The predicted octanol–water partition coefficient (Wildman–Crippen LogP) is 4.65. The van der Waals surface area contributed by atoms with Crippen LogP contribution in [0, 0.1) is 12.7 Å². The van der Waals surface area contributed by atoms with Crippen LogP contribution in [-0.4, -0.2) is 17.6 Å². The molecule has 2 amide bonds. The molecule has 7 heteroatoms. The number of carbonyl (C=O) groups is 2. The third kappa shape index (κ3) is 2.89. The minimum absolute atomic E-state index is 0.0585. The Morgan fingerprint density at radius 1 is 1.28 bits per heavy atom. The van der Waals surface area contributed by atoms with Crippen molar-refractivity contribution in [1.29, 1.82) is 0 Å². The summed E-state index contributed by atoms with van der Waals surface area (Å²) in [5.41, 5.74) is 1.92. The summed E-state index contributed by atoms with van der Waals surface area (Å²) in [6.07, 6.45) is 0. The predicted molar refractivity (Wildman–Crippen MR) is 100 cm³/mol. The van der Waals surface area contributed by atoms with E-state index in [2.05, 4.69) is 10.6 Å². The molecule has 0 bridgehead atoms. The zero-order valence-corrected chi connectivity index (χ0v) is 14.8. The normalized spacial score (nSPS) is 13.4. The molecule has 0 saturated carbocycles. The Hall–Kier alpha value is -2.38. The highest BCUT2D eigenvalue weighted by Gasteiger charge is 2.19. The average Bonchev–Trinajstić information content (AvgIpc) is 2.93. The van der Waals surface area contributed by atoms with Crippen LogP contribution in [0.25, 0.3) is 10.1 Å². The molecule has 0 atom stereocenters. The topological polar surface area (TPSA) is 58.2 Å². The Kier molecular flexibility index (Phi) is 3.97. The zero-order chi connectivity index (χ0) is 17.6. The number of thioether (sulfide) groups is 1. The zero-order valence-electron chi connectivity index (χ0n) is 13.2. The molecule has 2 heterocycles. The maximum Gasteiger partial charge on any atom is 0.266 e. The van der Waals surface area contributed by atoms with E-state index >= 15 is 0 Å². The Morgan fingerprint density at radius 2 is 2.12 bits per heavy atom. The van der Waals surface area contributed by atoms with Gasteiger partial charge in [0, 0.05) is 20.7 Å². The van der Waals surface area contributed by atoms with Crippen LogP contribution in [-0.2, 0) is 4.79 Å². The van der Waals surface area contributed by atoms with Gasteiger partial charge in [-0.2, -0.15) is 0 Å². The lowest BCUT2D eigenvalue weighted by molar-refractivity contribution is -0.113. The summed E-state index contributed by atoms with van der Waals surface area (Å²) in [4.78, 5) is 25.6. The van der Waals surface area contributed by atoms with E-state index in [1.165, 1.54) is 29.2 Å². The smallest absolute Gasteiger partial charge is 0.266 e. The molecule has 25 heavy (non-hydrogen) atoms. The summed E-state index contributed by atoms with van der Waals surface area (Å²) in [7, 11) is 0. The van der Waals surface area contributed by atoms with Crippen molar-refractivity contribution in [2.45, 2.75) is 11.8 Å². The van der Waals surface area contributed by atoms with Gasteiger partial charge in [-0.15, -0.1) is 23.1 Å². The summed E-state index contributed by atoms with van der Waals surface area (Å²) >= 11 is 2.73. The molecule has 126 valence electrons. The molecule has 1 aliphatic rings. The molecule has 0 fully saturated rings. The molecular weight excluding hydrogens is 359 g/mol. The lowest BCUT2D eigenvalue weighted by atomic mass is 10.1. The van der Waals surface area contributed by atoms with Crippen LogP contribution >= 0.6 is 23.1 Å². The van der Waals surface area contributed by atoms with Crippen LogP contribution in [0.5, 0.6) is 0 Å². The molecule has 0 saturated heterocycles. The number of rotatable bonds is 2. The van der Waals surface area contributed by atoms with E-state index in [9.17, 15) is 14.0 Å².